The number of rotatable bonds is 4. The van der Waals surface area contributed by atoms with Crippen molar-refractivity contribution in [3.05, 3.63) is 33.7 Å². The monoisotopic (exact) mass is 277 g/mol. The lowest BCUT2D eigenvalue weighted by Crippen LogP contribution is -2.40. The van der Waals surface area contributed by atoms with E-state index in [4.69, 9.17) is 0 Å². The molecule has 1 aliphatic heterocycles. The minimum atomic E-state index is -0.293. The van der Waals surface area contributed by atoms with Crippen LogP contribution in [0.5, 0.6) is 0 Å². The zero-order chi connectivity index (χ0) is 14.5. The van der Waals surface area contributed by atoms with Gasteiger partial charge in [-0.05, 0) is 57.8 Å². The number of hydrogen-bond acceptors (Lipinski definition) is 3. The van der Waals surface area contributed by atoms with Crippen LogP contribution in [0.2, 0.25) is 0 Å². The van der Waals surface area contributed by atoms with Crippen LogP contribution in [-0.4, -0.2) is 42.0 Å². The van der Waals surface area contributed by atoms with E-state index in [0.717, 1.165) is 38.2 Å². The van der Waals surface area contributed by atoms with Gasteiger partial charge in [-0.2, -0.15) is 0 Å². The minimum absolute atomic E-state index is 0.160. The van der Waals surface area contributed by atoms with Crippen LogP contribution in [0.15, 0.2) is 16.9 Å². The smallest absolute Gasteiger partial charge is 0.260 e. The number of nitrogens with zero attached hydrogens (tertiary/aromatic N) is 1. The van der Waals surface area contributed by atoms with E-state index < -0.39 is 0 Å². The number of amides is 1. The molecule has 0 aromatic carbocycles. The van der Waals surface area contributed by atoms with Crippen molar-refractivity contribution in [2.75, 3.05) is 26.2 Å². The number of aromatic amines is 1. The zero-order valence-electron chi connectivity index (χ0n) is 12.2. The van der Waals surface area contributed by atoms with E-state index in [-0.39, 0.29) is 17.0 Å². The quantitative estimate of drug-likeness (QED) is 0.867. The van der Waals surface area contributed by atoms with Gasteiger partial charge in [0.1, 0.15) is 5.56 Å². The maximum absolute atomic E-state index is 12.5. The highest BCUT2D eigenvalue weighted by atomic mass is 16.2. The van der Waals surface area contributed by atoms with Gasteiger partial charge in [0, 0.05) is 18.8 Å². The van der Waals surface area contributed by atoms with E-state index in [1.807, 2.05) is 13.8 Å². The van der Waals surface area contributed by atoms with Crippen molar-refractivity contribution < 1.29 is 4.79 Å². The highest BCUT2D eigenvalue weighted by molar-refractivity contribution is 5.93. The highest BCUT2D eigenvalue weighted by Gasteiger charge is 2.22. The normalized spacial score (nSPS) is 16.1. The number of aryl methyl sites for hydroxylation is 1. The zero-order valence-corrected chi connectivity index (χ0v) is 12.2. The van der Waals surface area contributed by atoms with Gasteiger partial charge < -0.3 is 15.2 Å². The molecule has 1 aromatic heterocycles. The van der Waals surface area contributed by atoms with Gasteiger partial charge in [-0.15, -0.1) is 0 Å². The maximum atomic E-state index is 12.5. The molecule has 1 saturated heterocycles. The summed E-state index contributed by atoms with van der Waals surface area (Å²) >= 11 is 0. The molecular weight excluding hydrogens is 254 g/mol. The van der Waals surface area contributed by atoms with Crippen LogP contribution in [0.1, 0.15) is 35.8 Å². The molecule has 20 heavy (non-hydrogen) atoms. The van der Waals surface area contributed by atoms with Crippen LogP contribution in [0, 0.1) is 12.8 Å². The summed E-state index contributed by atoms with van der Waals surface area (Å²) in [6.07, 6.45) is 2.18. The van der Waals surface area contributed by atoms with E-state index >= 15 is 0 Å². The summed E-state index contributed by atoms with van der Waals surface area (Å²) in [5.74, 6) is 0.372. The third-order valence-electron chi connectivity index (χ3n) is 3.89. The Hall–Kier alpha value is -1.62. The van der Waals surface area contributed by atoms with Crippen molar-refractivity contribution in [1.29, 1.82) is 0 Å². The molecule has 0 aliphatic carbocycles. The van der Waals surface area contributed by atoms with E-state index in [2.05, 4.69) is 10.3 Å². The van der Waals surface area contributed by atoms with Crippen molar-refractivity contribution in [3.8, 4) is 0 Å². The molecule has 110 valence electrons. The SMILES string of the molecule is CCN(CC1CCNCC1)C(=O)c1ccc(C)[nH]c1=O. The van der Waals surface area contributed by atoms with E-state index in [9.17, 15) is 9.59 Å². The largest absolute Gasteiger partial charge is 0.338 e. The van der Waals surface area contributed by atoms with Crippen molar-refractivity contribution in [3.63, 3.8) is 0 Å². The van der Waals surface area contributed by atoms with Crippen molar-refractivity contribution in [2.24, 2.45) is 5.92 Å². The lowest BCUT2D eigenvalue weighted by molar-refractivity contribution is 0.0725. The Bertz CT molecular complexity index is 518. The molecule has 0 bridgehead atoms. The summed E-state index contributed by atoms with van der Waals surface area (Å²) in [6, 6.07) is 3.40. The van der Waals surface area contributed by atoms with Crippen LogP contribution >= 0.6 is 0 Å². The molecule has 1 amide bonds. The second-order valence-electron chi connectivity index (χ2n) is 5.42. The Morgan fingerprint density at radius 3 is 2.65 bits per heavy atom. The number of carbonyl (C=O) groups is 1. The Balaban J connectivity index is 2.09. The molecule has 1 aliphatic rings. The lowest BCUT2D eigenvalue weighted by Gasteiger charge is -2.29. The Kier molecular flexibility index (Phi) is 4.95. The molecule has 0 saturated carbocycles. The average Bonchev–Trinajstić information content (AvgIpc) is 2.45. The maximum Gasteiger partial charge on any atom is 0.260 e. The molecule has 0 unspecified atom stereocenters. The number of aromatic nitrogens is 1. The standard InChI is InChI=1S/C15H23N3O2/c1-3-18(10-12-6-8-16-9-7-12)15(20)13-5-4-11(2)17-14(13)19/h4-5,12,16H,3,6-10H2,1-2H3,(H,17,19). The first kappa shape index (κ1) is 14.8. The average molecular weight is 277 g/mol. The predicted octanol–water partition coefficient (Wildman–Crippen LogP) is 1.15. The van der Waals surface area contributed by atoms with Gasteiger partial charge in [-0.25, -0.2) is 0 Å². The van der Waals surface area contributed by atoms with Gasteiger partial charge in [-0.1, -0.05) is 0 Å². The summed E-state index contributed by atoms with van der Waals surface area (Å²) in [7, 11) is 0. The van der Waals surface area contributed by atoms with Gasteiger partial charge in [0.15, 0.2) is 0 Å². The Morgan fingerprint density at radius 1 is 1.35 bits per heavy atom. The van der Waals surface area contributed by atoms with Crippen LogP contribution in [-0.2, 0) is 0 Å². The summed E-state index contributed by atoms with van der Waals surface area (Å²) < 4.78 is 0. The van der Waals surface area contributed by atoms with Gasteiger partial charge >= 0.3 is 0 Å². The summed E-state index contributed by atoms with van der Waals surface area (Å²) in [5.41, 5.74) is 0.720. The number of pyridine rings is 1. The topological polar surface area (TPSA) is 65.2 Å². The van der Waals surface area contributed by atoms with Crippen molar-refractivity contribution >= 4 is 5.91 Å². The number of piperidine rings is 1. The van der Waals surface area contributed by atoms with E-state index in [0.29, 0.717) is 12.5 Å². The second kappa shape index (κ2) is 6.70. The first-order valence-corrected chi connectivity index (χ1v) is 7.31. The summed E-state index contributed by atoms with van der Waals surface area (Å²) in [4.78, 5) is 28.8. The fourth-order valence-electron chi connectivity index (χ4n) is 2.64. The highest BCUT2D eigenvalue weighted by Crippen LogP contribution is 2.14. The van der Waals surface area contributed by atoms with Crippen LogP contribution < -0.4 is 10.9 Å². The van der Waals surface area contributed by atoms with Crippen molar-refractivity contribution in [2.45, 2.75) is 26.7 Å². The predicted molar refractivity (Wildman–Crippen MR) is 79.0 cm³/mol. The molecule has 1 fully saturated rings. The lowest BCUT2D eigenvalue weighted by atomic mass is 9.97. The van der Waals surface area contributed by atoms with E-state index in [1.54, 1.807) is 17.0 Å². The number of H-pyrrole nitrogens is 1. The molecule has 5 nitrogen and oxygen atoms in total. The van der Waals surface area contributed by atoms with Crippen LogP contribution in [0.4, 0.5) is 0 Å². The molecule has 0 spiro atoms. The molecule has 2 rings (SSSR count). The number of nitrogens with one attached hydrogen (secondary N) is 2. The number of hydrogen-bond donors (Lipinski definition) is 2. The van der Waals surface area contributed by atoms with E-state index in [1.165, 1.54) is 0 Å². The van der Waals surface area contributed by atoms with Gasteiger partial charge in [0.25, 0.3) is 11.5 Å². The molecule has 1 aromatic rings. The summed E-state index contributed by atoms with van der Waals surface area (Å²) in [5, 5.41) is 3.32. The summed E-state index contributed by atoms with van der Waals surface area (Å²) in [6.45, 7) is 7.17. The van der Waals surface area contributed by atoms with Crippen molar-refractivity contribution in [1.82, 2.24) is 15.2 Å². The molecule has 5 heteroatoms. The number of carbonyl (C=O) groups excluding carboxylic acids is 1. The third-order valence-corrected chi connectivity index (χ3v) is 3.89. The first-order valence-electron chi connectivity index (χ1n) is 7.31. The van der Waals surface area contributed by atoms with Gasteiger partial charge in [0.2, 0.25) is 0 Å². The van der Waals surface area contributed by atoms with Gasteiger partial charge in [-0.3, -0.25) is 9.59 Å². The molecular formula is C15H23N3O2. The molecule has 0 atom stereocenters. The molecule has 0 radical (unpaired) electrons. The van der Waals surface area contributed by atoms with Crippen LogP contribution in [0.25, 0.3) is 0 Å². The molecule has 2 heterocycles. The fourth-order valence-corrected chi connectivity index (χ4v) is 2.64. The van der Waals surface area contributed by atoms with Crippen LogP contribution in [0.3, 0.4) is 0 Å². The van der Waals surface area contributed by atoms with Gasteiger partial charge in [0.05, 0.1) is 0 Å². The third kappa shape index (κ3) is 3.48. The Morgan fingerprint density at radius 2 is 2.05 bits per heavy atom. The minimum Gasteiger partial charge on any atom is -0.338 e. The Labute approximate surface area is 119 Å². The first-order chi connectivity index (χ1) is 9.61. The second-order valence-corrected chi connectivity index (χ2v) is 5.42. The molecule has 2 N–H and O–H groups in total. The fraction of sp³-hybridized carbons (Fsp3) is 0.600.